The summed E-state index contributed by atoms with van der Waals surface area (Å²) in [4.78, 5) is 6.72. The molecule has 2 saturated heterocycles. The minimum absolute atomic E-state index is 0.0512. The van der Waals surface area contributed by atoms with E-state index < -0.39 is 11.6 Å². The second-order valence-electron chi connectivity index (χ2n) is 11.3. The van der Waals surface area contributed by atoms with Gasteiger partial charge in [0.15, 0.2) is 11.6 Å². The molecule has 1 aromatic carbocycles. The van der Waals surface area contributed by atoms with E-state index in [0.29, 0.717) is 23.8 Å². The molecule has 2 atom stereocenters. The highest BCUT2D eigenvalue weighted by molar-refractivity contribution is 5.68. The van der Waals surface area contributed by atoms with E-state index in [1.807, 2.05) is 4.68 Å². The van der Waals surface area contributed by atoms with Crippen molar-refractivity contribution in [3.8, 4) is 5.75 Å². The summed E-state index contributed by atoms with van der Waals surface area (Å²) in [5.41, 5.74) is 3.91. The van der Waals surface area contributed by atoms with Gasteiger partial charge in [0.05, 0.1) is 18.3 Å². The fraction of sp³-hybridized carbons (Fsp3) is 0.516. The summed E-state index contributed by atoms with van der Waals surface area (Å²) in [5, 5.41) is 5.14. The number of aromatic nitrogens is 2. The molecular formula is C31H41F2N5O. The second-order valence-corrected chi connectivity index (χ2v) is 11.3. The Morgan fingerprint density at radius 1 is 1.08 bits per heavy atom. The van der Waals surface area contributed by atoms with Crippen LogP contribution < -0.4 is 4.74 Å². The molecule has 0 aliphatic carbocycles. The number of allylic oxidation sites excluding steroid dienone is 1. The van der Waals surface area contributed by atoms with Crippen molar-refractivity contribution in [3.05, 3.63) is 71.7 Å². The summed E-state index contributed by atoms with van der Waals surface area (Å²) in [6.07, 6.45) is 7.80. The van der Waals surface area contributed by atoms with E-state index in [9.17, 15) is 8.78 Å². The third kappa shape index (κ3) is 5.70. The zero-order valence-corrected chi connectivity index (χ0v) is 23.6. The van der Waals surface area contributed by atoms with Gasteiger partial charge >= 0.3 is 0 Å². The zero-order chi connectivity index (χ0) is 27.7. The average molecular weight is 538 g/mol. The van der Waals surface area contributed by atoms with Crippen LogP contribution in [0.25, 0.3) is 11.5 Å². The maximum Gasteiger partial charge on any atom is 0.168 e. The lowest BCUT2D eigenvalue weighted by molar-refractivity contribution is 0.224. The second kappa shape index (κ2) is 11.4. The van der Waals surface area contributed by atoms with E-state index in [2.05, 4.69) is 60.9 Å². The van der Waals surface area contributed by atoms with Crippen LogP contribution in [0.2, 0.25) is 0 Å². The molecule has 0 spiro atoms. The van der Waals surface area contributed by atoms with Crippen LogP contribution in [0.4, 0.5) is 8.78 Å². The molecular weight excluding hydrogens is 496 g/mol. The monoisotopic (exact) mass is 537 g/mol. The number of piperidine rings is 1. The molecule has 2 fully saturated rings. The summed E-state index contributed by atoms with van der Waals surface area (Å²) in [5.74, 6) is 0.397. The molecule has 5 rings (SSSR count). The lowest BCUT2D eigenvalue weighted by Crippen LogP contribution is -2.32. The lowest BCUT2D eigenvalue weighted by Gasteiger charge is -2.38. The van der Waals surface area contributed by atoms with Crippen molar-refractivity contribution in [2.45, 2.75) is 58.4 Å². The fourth-order valence-corrected chi connectivity index (χ4v) is 6.04. The Balaban J connectivity index is 1.56. The van der Waals surface area contributed by atoms with Crippen LogP contribution in [0, 0.1) is 24.5 Å². The number of nitrogens with zero attached hydrogens (tertiary/aromatic N) is 5. The Hall–Kier alpha value is -3.29. The van der Waals surface area contributed by atoms with Crippen LogP contribution in [0.3, 0.4) is 0 Å². The van der Waals surface area contributed by atoms with Gasteiger partial charge in [0.2, 0.25) is 0 Å². The molecule has 0 amide bonds. The zero-order valence-electron chi connectivity index (χ0n) is 23.6. The molecule has 210 valence electrons. The molecule has 4 heterocycles. The number of rotatable bonds is 2. The Morgan fingerprint density at radius 2 is 1.87 bits per heavy atom. The summed E-state index contributed by atoms with van der Waals surface area (Å²) in [7, 11) is 2.08. The number of benzene rings is 1. The van der Waals surface area contributed by atoms with Gasteiger partial charge in [-0.3, -0.25) is 0 Å². The number of halogens is 2. The van der Waals surface area contributed by atoms with Gasteiger partial charge in [-0.1, -0.05) is 20.1 Å². The molecule has 0 N–H and O–H groups in total. The van der Waals surface area contributed by atoms with Gasteiger partial charge in [-0.2, -0.15) is 5.10 Å². The van der Waals surface area contributed by atoms with E-state index in [1.165, 1.54) is 12.5 Å². The van der Waals surface area contributed by atoms with Crippen molar-refractivity contribution in [2.24, 2.45) is 5.92 Å². The third-order valence-corrected chi connectivity index (χ3v) is 8.28. The molecule has 0 radical (unpaired) electrons. The molecule has 3 aliphatic heterocycles. The van der Waals surface area contributed by atoms with Gasteiger partial charge < -0.3 is 19.4 Å². The molecule has 0 saturated carbocycles. The highest BCUT2D eigenvalue weighted by Gasteiger charge is 2.31. The van der Waals surface area contributed by atoms with Crippen LogP contribution in [0.5, 0.6) is 5.75 Å². The van der Waals surface area contributed by atoms with E-state index >= 15 is 0 Å². The summed E-state index contributed by atoms with van der Waals surface area (Å²) in [6, 6.07) is 4.31. The molecule has 2 aromatic rings. The number of likely N-dealkylation sites (tertiary alicyclic amines) is 1. The number of hydrogen-bond donors (Lipinski definition) is 0. The molecule has 3 aliphatic rings. The third-order valence-electron chi connectivity index (χ3n) is 8.28. The van der Waals surface area contributed by atoms with Gasteiger partial charge in [-0.15, -0.1) is 0 Å². The number of ether oxygens (including phenoxy) is 1. The largest absolute Gasteiger partial charge is 0.490 e. The standard InChI is InChI=1S/C31H41F2N5O/c1-21-11-14-36(20-21)22(2)17-30-35(5)12-8-9-15-39-31-26(18-25(32)19-27(31)33)24(4)37-13-7-6-10-29(37)28-16-23(3)38(30)34-28/h16-19,21,29H,2,4,6-15,20H2,1,3,5H3/t21-,29?/m0/s1. The van der Waals surface area contributed by atoms with Crippen LogP contribution in [0.1, 0.15) is 68.4 Å². The maximum absolute atomic E-state index is 15.0. The normalized spacial score (nSPS) is 23.7. The minimum atomic E-state index is -0.693. The maximum atomic E-state index is 15.0. The molecule has 1 unspecified atom stereocenters. The summed E-state index contributed by atoms with van der Waals surface area (Å²) >= 11 is 0. The SMILES string of the molecule is C=C(C=C1N(C)CCCCOc2c(F)cc(F)cc2C(=C)N2CCCCC2c2cc(C)n1n2)N1CC[C@H](C)C1. The molecule has 8 heteroatoms. The average Bonchev–Trinajstić information content (AvgIpc) is 3.52. The van der Waals surface area contributed by atoms with Crippen molar-refractivity contribution in [2.75, 3.05) is 39.8 Å². The first-order valence-electron chi connectivity index (χ1n) is 14.2. The molecule has 2 bridgehead atoms. The van der Waals surface area contributed by atoms with Crippen LogP contribution >= 0.6 is 0 Å². The summed E-state index contributed by atoms with van der Waals surface area (Å²) < 4.78 is 37.3. The van der Waals surface area contributed by atoms with Gasteiger partial charge in [0.1, 0.15) is 11.6 Å². The molecule has 6 nitrogen and oxygen atoms in total. The van der Waals surface area contributed by atoms with Crippen molar-refractivity contribution >= 4 is 11.5 Å². The summed E-state index contributed by atoms with van der Waals surface area (Å²) in [6.45, 7) is 17.0. The Morgan fingerprint density at radius 3 is 2.64 bits per heavy atom. The van der Waals surface area contributed by atoms with Crippen LogP contribution in [-0.2, 0) is 0 Å². The van der Waals surface area contributed by atoms with E-state index in [4.69, 9.17) is 9.84 Å². The van der Waals surface area contributed by atoms with Crippen LogP contribution in [-0.4, -0.2) is 64.3 Å². The van der Waals surface area contributed by atoms with Gasteiger partial charge in [-0.25, -0.2) is 13.5 Å². The first-order chi connectivity index (χ1) is 18.7. The Kier molecular flexibility index (Phi) is 8.01. The highest BCUT2D eigenvalue weighted by atomic mass is 19.1. The predicted molar refractivity (Wildman–Crippen MR) is 152 cm³/mol. The van der Waals surface area contributed by atoms with Gasteiger partial charge in [-0.05, 0) is 63.5 Å². The minimum Gasteiger partial charge on any atom is -0.490 e. The van der Waals surface area contributed by atoms with Crippen molar-refractivity contribution in [1.29, 1.82) is 0 Å². The van der Waals surface area contributed by atoms with E-state index in [-0.39, 0.29) is 11.8 Å². The van der Waals surface area contributed by atoms with E-state index in [1.54, 1.807) is 0 Å². The quantitative estimate of drug-likeness (QED) is 0.442. The number of hydrogen-bond acceptors (Lipinski definition) is 5. The Bertz CT molecular complexity index is 1270. The molecule has 1 aromatic heterocycles. The van der Waals surface area contributed by atoms with Crippen molar-refractivity contribution in [1.82, 2.24) is 24.5 Å². The Labute approximate surface area is 231 Å². The van der Waals surface area contributed by atoms with Crippen molar-refractivity contribution in [3.63, 3.8) is 0 Å². The predicted octanol–water partition coefficient (Wildman–Crippen LogP) is 6.43. The fourth-order valence-electron chi connectivity index (χ4n) is 6.04. The topological polar surface area (TPSA) is 36.8 Å². The van der Waals surface area contributed by atoms with Crippen molar-refractivity contribution < 1.29 is 13.5 Å². The smallest absolute Gasteiger partial charge is 0.168 e. The number of fused-ring (bicyclic) bond motifs is 5. The first-order valence-corrected chi connectivity index (χ1v) is 14.2. The molecule has 39 heavy (non-hydrogen) atoms. The first kappa shape index (κ1) is 27.3. The van der Waals surface area contributed by atoms with E-state index in [0.717, 1.165) is 87.3 Å². The highest BCUT2D eigenvalue weighted by Crippen LogP contribution is 2.40. The van der Waals surface area contributed by atoms with Gasteiger partial charge in [0.25, 0.3) is 0 Å². The number of aryl methyl sites for hydroxylation is 1. The van der Waals surface area contributed by atoms with Crippen LogP contribution in [0.15, 0.2) is 43.1 Å². The van der Waals surface area contributed by atoms with Gasteiger partial charge in [0, 0.05) is 68.0 Å². The lowest BCUT2D eigenvalue weighted by atomic mass is 9.96.